The molecule has 2 N–H and O–H groups in total. The SMILES string of the molecule is Cn1nc(CC(N)c2cc(Cl)ccc2Br)c2ccccc21. The fraction of sp³-hybridized carbons (Fsp3) is 0.188. The molecule has 0 aliphatic carbocycles. The highest BCUT2D eigenvalue weighted by Crippen LogP contribution is 2.29. The van der Waals surface area contributed by atoms with Crippen molar-refractivity contribution in [1.82, 2.24) is 9.78 Å². The summed E-state index contributed by atoms with van der Waals surface area (Å²) in [5.41, 5.74) is 9.48. The van der Waals surface area contributed by atoms with Gasteiger partial charge in [-0.25, -0.2) is 0 Å². The van der Waals surface area contributed by atoms with Gasteiger partial charge in [0.25, 0.3) is 0 Å². The van der Waals surface area contributed by atoms with E-state index in [1.54, 1.807) is 0 Å². The third-order valence-corrected chi connectivity index (χ3v) is 4.56. The van der Waals surface area contributed by atoms with Crippen molar-refractivity contribution in [3.8, 4) is 0 Å². The van der Waals surface area contributed by atoms with Crippen LogP contribution in [0.25, 0.3) is 10.9 Å². The zero-order valence-electron chi connectivity index (χ0n) is 11.6. The lowest BCUT2D eigenvalue weighted by molar-refractivity contribution is 0.680. The molecule has 0 aliphatic rings. The zero-order valence-corrected chi connectivity index (χ0v) is 13.9. The van der Waals surface area contributed by atoms with E-state index >= 15 is 0 Å². The van der Waals surface area contributed by atoms with E-state index in [0.29, 0.717) is 11.4 Å². The van der Waals surface area contributed by atoms with Crippen LogP contribution >= 0.6 is 27.5 Å². The first-order valence-electron chi connectivity index (χ1n) is 6.67. The van der Waals surface area contributed by atoms with Gasteiger partial charge in [0, 0.05) is 34.4 Å². The van der Waals surface area contributed by atoms with Gasteiger partial charge in [-0.3, -0.25) is 4.68 Å². The molecule has 0 saturated heterocycles. The molecule has 0 bridgehead atoms. The second kappa shape index (κ2) is 5.79. The third kappa shape index (κ3) is 2.84. The van der Waals surface area contributed by atoms with Gasteiger partial charge in [-0.15, -0.1) is 0 Å². The quantitative estimate of drug-likeness (QED) is 0.755. The number of nitrogens with two attached hydrogens (primary N) is 1. The van der Waals surface area contributed by atoms with Crippen LogP contribution in [0.2, 0.25) is 5.02 Å². The number of fused-ring (bicyclic) bond motifs is 1. The summed E-state index contributed by atoms with van der Waals surface area (Å²) in [6.45, 7) is 0. The molecule has 0 amide bonds. The van der Waals surface area contributed by atoms with Crippen molar-refractivity contribution in [2.24, 2.45) is 12.8 Å². The Morgan fingerprint density at radius 1 is 1.29 bits per heavy atom. The topological polar surface area (TPSA) is 43.8 Å². The van der Waals surface area contributed by atoms with Crippen LogP contribution in [0.3, 0.4) is 0 Å². The molecule has 0 saturated carbocycles. The summed E-state index contributed by atoms with van der Waals surface area (Å²) in [4.78, 5) is 0. The number of rotatable bonds is 3. The van der Waals surface area contributed by atoms with Crippen molar-refractivity contribution >= 4 is 38.4 Å². The minimum Gasteiger partial charge on any atom is -0.324 e. The highest BCUT2D eigenvalue weighted by Gasteiger charge is 2.15. The lowest BCUT2D eigenvalue weighted by atomic mass is 10.0. The maximum atomic E-state index is 6.36. The maximum absolute atomic E-state index is 6.36. The Balaban J connectivity index is 1.96. The smallest absolute Gasteiger partial charge is 0.0722 e. The first kappa shape index (κ1) is 14.6. The minimum atomic E-state index is -0.156. The van der Waals surface area contributed by atoms with E-state index in [-0.39, 0.29) is 6.04 Å². The van der Waals surface area contributed by atoms with Crippen molar-refractivity contribution in [2.45, 2.75) is 12.5 Å². The van der Waals surface area contributed by atoms with Crippen LogP contribution in [0.1, 0.15) is 17.3 Å². The van der Waals surface area contributed by atoms with Crippen molar-refractivity contribution in [1.29, 1.82) is 0 Å². The summed E-state index contributed by atoms with van der Waals surface area (Å²) in [5.74, 6) is 0. The van der Waals surface area contributed by atoms with Crippen molar-refractivity contribution < 1.29 is 0 Å². The van der Waals surface area contributed by atoms with Crippen LogP contribution in [-0.4, -0.2) is 9.78 Å². The molecule has 108 valence electrons. The van der Waals surface area contributed by atoms with Gasteiger partial charge in [-0.2, -0.15) is 5.10 Å². The fourth-order valence-electron chi connectivity index (χ4n) is 2.56. The summed E-state index contributed by atoms with van der Waals surface area (Å²) >= 11 is 9.60. The molecule has 5 heteroatoms. The summed E-state index contributed by atoms with van der Waals surface area (Å²) in [7, 11) is 1.95. The molecule has 1 unspecified atom stereocenters. The Labute approximate surface area is 136 Å². The lowest BCUT2D eigenvalue weighted by Crippen LogP contribution is -2.14. The Kier molecular flexibility index (Phi) is 4.02. The molecule has 3 aromatic rings. The van der Waals surface area contributed by atoms with E-state index in [2.05, 4.69) is 33.2 Å². The van der Waals surface area contributed by atoms with E-state index in [0.717, 1.165) is 26.6 Å². The Bertz CT molecular complexity index is 797. The van der Waals surface area contributed by atoms with Crippen LogP contribution in [0.4, 0.5) is 0 Å². The van der Waals surface area contributed by atoms with Gasteiger partial charge in [0.2, 0.25) is 0 Å². The molecule has 1 heterocycles. The number of nitrogens with zero attached hydrogens (tertiary/aromatic N) is 2. The highest BCUT2D eigenvalue weighted by molar-refractivity contribution is 9.10. The Hall–Kier alpha value is -1.36. The van der Waals surface area contributed by atoms with Gasteiger partial charge < -0.3 is 5.73 Å². The van der Waals surface area contributed by atoms with E-state index in [9.17, 15) is 0 Å². The number of benzene rings is 2. The minimum absolute atomic E-state index is 0.156. The average molecular weight is 365 g/mol. The standard InChI is InChI=1S/C16H15BrClN3/c1-21-16-5-3-2-4-11(16)15(20-21)9-14(19)12-8-10(18)6-7-13(12)17/h2-8,14H,9,19H2,1H3. The number of aromatic nitrogens is 2. The molecule has 2 aromatic carbocycles. The van der Waals surface area contributed by atoms with Crippen LogP contribution in [0.5, 0.6) is 0 Å². The molecule has 0 radical (unpaired) electrons. The highest BCUT2D eigenvalue weighted by atomic mass is 79.9. The van der Waals surface area contributed by atoms with Crippen molar-refractivity contribution in [3.05, 3.63) is 63.2 Å². The van der Waals surface area contributed by atoms with E-state index in [1.807, 2.05) is 42.1 Å². The van der Waals surface area contributed by atoms with E-state index < -0.39 is 0 Å². The molecule has 0 fully saturated rings. The lowest BCUT2D eigenvalue weighted by Gasteiger charge is -2.13. The molecule has 1 aromatic heterocycles. The second-order valence-corrected chi connectivity index (χ2v) is 6.35. The van der Waals surface area contributed by atoms with Crippen LogP contribution in [-0.2, 0) is 13.5 Å². The summed E-state index contributed by atoms with van der Waals surface area (Å²) in [5, 5.41) is 6.43. The van der Waals surface area contributed by atoms with Gasteiger partial charge in [-0.1, -0.05) is 45.7 Å². The summed E-state index contributed by atoms with van der Waals surface area (Å²) in [6, 6.07) is 13.7. The maximum Gasteiger partial charge on any atom is 0.0722 e. The van der Waals surface area contributed by atoms with Crippen molar-refractivity contribution in [2.75, 3.05) is 0 Å². The van der Waals surface area contributed by atoms with Gasteiger partial charge in [0.15, 0.2) is 0 Å². The van der Waals surface area contributed by atoms with E-state index in [4.69, 9.17) is 17.3 Å². The first-order valence-corrected chi connectivity index (χ1v) is 7.84. The second-order valence-electron chi connectivity index (χ2n) is 5.06. The van der Waals surface area contributed by atoms with Gasteiger partial charge in [0.05, 0.1) is 11.2 Å². The van der Waals surface area contributed by atoms with Gasteiger partial charge in [0.1, 0.15) is 0 Å². The van der Waals surface area contributed by atoms with Gasteiger partial charge >= 0.3 is 0 Å². The number of aryl methyl sites for hydroxylation is 1. The number of para-hydroxylation sites is 1. The Morgan fingerprint density at radius 3 is 2.86 bits per heavy atom. The number of hydrogen-bond acceptors (Lipinski definition) is 2. The zero-order chi connectivity index (χ0) is 15.0. The molecule has 0 aliphatic heterocycles. The van der Waals surface area contributed by atoms with Crippen LogP contribution < -0.4 is 5.73 Å². The first-order chi connectivity index (χ1) is 10.1. The molecule has 3 nitrogen and oxygen atoms in total. The average Bonchev–Trinajstić information content (AvgIpc) is 2.78. The summed E-state index contributed by atoms with van der Waals surface area (Å²) < 4.78 is 2.87. The predicted octanol–water partition coefficient (Wildman–Crippen LogP) is 4.23. The third-order valence-electron chi connectivity index (χ3n) is 3.61. The molecule has 1 atom stereocenters. The van der Waals surface area contributed by atoms with Crippen molar-refractivity contribution in [3.63, 3.8) is 0 Å². The monoisotopic (exact) mass is 363 g/mol. The molecule has 0 spiro atoms. The normalized spacial score (nSPS) is 12.8. The van der Waals surface area contributed by atoms with E-state index in [1.165, 1.54) is 0 Å². The number of halogens is 2. The van der Waals surface area contributed by atoms with Crippen LogP contribution in [0.15, 0.2) is 46.9 Å². The van der Waals surface area contributed by atoms with Crippen LogP contribution in [0, 0.1) is 0 Å². The predicted molar refractivity (Wildman–Crippen MR) is 90.5 cm³/mol. The molecule has 3 rings (SSSR count). The fourth-order valence-corrected chi connectivity index (χ4v) is 3.28. The molecular weight excluding hydrogens is 350 g/mol. The number of hydrogen-bond donors (Lipinski definition) is 1. The molecule has 21 heavy (non-hydrogen) atoms. The summed E-state index contributed by atoms with van der Waals surface area (Å²) in [6.07, 6.45) is 0.667. The Morgan fingerprint density at radius 2 is 2.05 bits per heavy atom. The molecular formula is C16H15BrClN3. The largest absolute Gasteiger partial charge is 0.324 e. The van der Waals surface area contributed by atoms with Gasteiger partial charge in [-0.05, 0) is 29.8 Å².